The van der Waals surface area contributed by atoms with Gasteiger partial charge in [0.25, 0.3) is 11.5 Å². The van der Waals surface area contributed by atoms with Gasteiger partial charge in [0, 0.05) is 36.1 Å². The van der Waals surface area contributed by atoms with Gasteiger partial charge in [-0.2, -0.15) is 0 Å². The van der Waals surface area contributed by atoms with Crippen molar-refractivity contribution in [2.45, 2.75) is 50.2 Å². The van der Waals surface area contributed by atoms with Crippen LogP contribution in [0.3, 0.4) is 0 Å². The lowest BCUT2D eigenvalue weighted by molar-refractivity contribution is 0.0951. The number of benzene rings is 2. The van der Waals surface area contributed by atoms with Gasteiger partial charge in [0.1, 0.15) is 12.4 Å². The van der Waals surface area contributed by atoms with Gasteiger partial charge >= 0.3 is 0 Å². The maximum Gasteiger partial charge on any atom is 0.297 e. The summed E-state index contributed by atoms with van der Waals surface area (Å²) >= 11 is 0. The number of carbonyl (C=O) groups is 1. The predicted molar refractivity (Wildman–Crippen MR) is 147 cm³/mol. The number of aryl methyl sites for hydroxylation is 1. The predicted octanol–water partition coefficient (Wildman–Crippen LogP) is 1.86. The Morgan fingerprint density at radius 1 is 1.18 bits per heavy atom. The zero-order valence-electron chi connectivity index (χ0n) is 22.0. The highest BCUT2D eigenvalue weighted by Gasteiger charge is 2.47. The van der Waals surface area contributed by atoms with Crippen LogP contribution in [0.1, 0.15) is 47.2 Å². The van der Waals surface area contributed by atoms with Crippen LogP contribution in [0.4, 0.5) is 5.82 Å². The van der Waals surface area contributed by atoms with Gasteiger partial charge < -0.3 is 30.9 Å². The fourth-order valence-corrected chi connectivity index (χ4v) is 4.61. The molecule has 10 heteroatoms. The molecular formula is C29H35N5O5. The van der Waals surface area contributed by atoms with Gasteiger partial charge in [-0.15, -0.1) is 0 Å². The SMILES string of the molecule is Cc1ccc(C(=O)NC2CC2)cc1-n1ccnc(NC2(c3ccccc3OCCNC(CO)CO)CC2)c1=O. The number of ether oxygens (including phenoxy) is 1. The molecule has 0 unspecified atom stereocenters. The summed E-state index contributed by atoms with van der Waals surface area (Å²) in [6, 6.07) is 13.0. The van der Waals surface area contributed by atoms with Crippen molar-refractivity contribution < 1.29 is 19.7 Å². The van der Waals surface area contributed by atoms with Crippen molar-refractivity contribution >= 4 is 11.7 Å². The third kappa shape index (κ3) is 6.13. The quantitative estimate of drug-likeness (QED) is 0.210. The van der Waals surface area contributed by atoms with Crippen LogP contribution in [0.5, 0.6) is 5.75 Å². The Morgan fingerprint density at radius 3 is 2.67 bits per heavy atom. The molecule has 2 aliphatic rings. The molecule has 5 rings (SSSR count). The average molecular weight is 534 g/mol. The second kappa shape index (κ2) is 11.6. The van der Waals surface area contributed by atoms with E-state index in [-0.39, 0.29) is 42.6 Å². The van der Waals surface area contributed by atoms with Gasteiger partial charge in [-0.25, -0.2) is 4.98 Å². The van der Waals surface area contributed by atoms with E-state index >= 15 is 0 Å². The number of hydrogen-bond acceptors (Lipinski definition) is 8. The van der Waals surface area contributed by atoms with Crippen LogP contribution in [-0.4, -0.2) is 64.1 Å². The summed E-state index contributed by atoms with van der Waals surface area (Å²) in [4.78, 5) is 30.6. The third-order valence-corrected chi connectivity index (χ3v) is 7.23. The lowest BCUT2D eigenvalue weighted by atomic mass is 10.0. The summed E-state index contributed by atoms with van der Waals surface area (Å²) in [5, 5.41) is 27.9. The molecule has 0 atom stereocenters. The second-order valence-electron chi connectivity index (χ2n) is 10.3. The Kier molecular flexibility index (Phi) is 7.97. The molecule has 2 aromatic carbocycles. The molecule has 0 bridgehead atoms. The highest BCUT2D eigenvalue weighted by Crippen LogP contribution is 2.50. The van der Waals surface area contributed by atoms with Crippen LogP contribution in [0.25, 0.3) is 5.69 Å². The van der Waals surface area contributed by atoms with E-state index in [0.717, 1.165) is 36.8 Å². The highest BCUT2D eigenvalue weighted by atomic mass is 16.5. The number of aliphatic hydroxyl groups is 2. The smallest absolute Gasteiger partial charge is 0.297 e. The molecule has 2 saturated carbocycles. The van der Waals surface area contributed by atoms with Crippen molar-refractivity contribution in [3.8, 4) is 11.4 Å². The Hall–Kier alpha value is -3.73. The van der Waals surface area contributed by atoms with E-state index in [4.69, 9.17) is 4.74 Å². The largest absolute Gasteiger partial charge is 0.492 e. The maximum absolute atomic E-state index is 13.6. The molecule has 5 N–H and O–H groups in total. The highest BCUT2D eigenvalue weighted by molar-refractivity contribution is 5.95. The van der Waals surface area contributed by atoms with Gasteiger partial charge in [-0.05, 0) is 56.4 Å². The number of nitrogens with one attached hydrogen (secondary N) is 3. The molecule has 3 aromatic rings. The normalized spacial score (nSPS) is 15.7. The summed E-state index contributed by atoms with van der Waals surface area (Å²) in [6.45, 7) is 2.41. The van der Waals surface area contributed by atoms with Gasteiger partial charge in [0.05, 0.1) is 30.5 Å². The summed E-state index contributed by atoms with van der Waals surface area (Å²) in [7, 11) is 0. The molecule has 206 valence electrons. The number of nitrogens with zero attached hydrogens (tertiary/aromatic N) is 2. The van der Waals surface area contributed by atoms with E-state index in [1.807, 2.05) is 37.3 Å². The van der Waals surface area contributed by atoms with Crippen molar-refractivity contribution in [1.82, 2.24) is 20.2 Å². The minimum absolute atomic E-state index is 0.133. The summed E-state index contributed by atoms with van der Waals surface area (Å²) in [5.41, 5.74) is 2.19. The molecule has 1 amide bonds. The first-order valence-corrected chi connectivity index (χ1v) is 13.4. The fourth-order valence-electron chi connectivity index (χ4n) is 4.61. The number of anilines is 1. The van der Waals surface area contributed by atoms with Crippen molar-refractivity contribution in [2.24, 2.45) is 0 Å². The minimum atomic E-state index is -0.477. The number of para-hydroxylation sites is 1. The topological polar surface area (TPSA) is 138 Å². The number of hydrogen-bond donors (Lipinski definition) is 5. The molecule has 39 heavy (non-hydrogen) atoms. The summed E-state index contributed by atoms with van der Waals surface area (Å²) < 4.78 is 7.57. The van der Waals surface area contributed by atoms with E-state index < -0.39 is 5.54 Å². The zero-order valence-corrected chi connectivity index (χ0v) is 22.0. The van der Waals surface area contributed by atoms with E-state index in [2.05, 4.69) is 20.9 Å². The van der Waals surface area contributed by atoms with Gasteiger partial charge in [0.2, 0.25) is 0 Å². The van der Waals surface area contributed by atoms with Crippen LogP contribution >= 0.6 is 0 Å². The molecule has 1 aromatic heterocycles. The van der Waals surface area contributed by atoms with Gasteiger partial charge in [0.15, 0.2) is 5.82 Å². The van der Waals surface area contributed by atoms with Crippen molar-refractivity contribution in [2.75, 3.05) is 31.7 Å². The molecular weight excluding hydrogens is 498 g/mol. The van der Waals surface area contributed by atoms with Crippen molar-refractivity contribution in [1.29, 1.82) is 0 Å². The number of amides is 1. The number of aromatic nitrogens is 2. The lowest BCUT2D eigenvalue weighted by Gasteiger charge is -2.22. The summed E-state index contributed by atoms with van der Waals surface area (Å²) in [5.74, 6) is 0.800. The van der Waals surface area contributed by atoms with E-state index in [9.17, 15) is 19.8 Å². The molecule has 0 spiro atoms. The van der Waals surface area contributed by atoms with Crippen LogP contribution in [0.15, 0.2) is 59.7 Å². The van der Waals surface area contributed by atoms with Crippen LogP contribution in [0.2, 0.25) is 0 Å². The maximum atomic E-state index is 13.6. The number of rotatable bonds is 13. The first-order valence-electron chi connectivity index (χ1n) is 13.4. The van der Waals surface area contributed by atoms with Crippen molar-refractivity contribution in [3.63, 3.8) is 0 Å². The first-order chi connectivity index (χ1) is 18.9. The fraction of sp³-hybridized carbons (Fsp3) is 0.414. The zero-order chi connectivity index (χ0) is 27.4. The van der Waals surface area contributed by atoms with Crippen molar-refractivity contribution in [3.05, 3.63) is 81.9 Å². The molecule has 0 aliphatic heterocycles. The first kappa shape index (κ1) is 26.9. The molecule has 10 nitrogen and oxygen atoms in total. The Morgan fingerprint density at radius 2 is 1.95 bits per heavy atom. The van der Waals surface area contributed by atoms with Crippen LogP contribution in [-0.2, 0) is 5.54 Å². The second-order valence-corrected chi connectivity index (χ2v) is 10.3. The standard InChI is InChI=1S/C29H35N5O5/c1-19-6-7-20(27(37)32-21-8-9-21)16-24(19)34-14-12-31-26(28(34)38)33-29(10-11-29)23-4-2-3-5-25(23)39-15-13-30-22(17-35)18-36/h2-7,12,14,16,21-22,30,35-36H,8-11,13,15,17-18H2,1H3,(H,31,33)(H,32,37). The lowest BCUT2D eigenvalue weighted by Crippen LogP contribution is -2.38. The molecule has 0 radical (unpaired) electrons. The Labute approximate surface area is 227 Å². The Bertz CT molecular complexity index is 1380. The molecule has 2 aliphatic carbocycles. The van der Waals surface area contributed by atoms with E-state index in [1.165, 1.54) is 4.57 Å². The molecule has 1 heterocycles. The monoisotopic (exact) mass is 533 g/mol. The molecule has 2 fully saturated rings. The average Bonchev–Trinajstić information content (AvgIpc) is 3.89. The minimum Gasteiger partial charge on any atom is -0.492 e. The number of carbonyl (C=O) groups excluding carboxylic acids is 1. The third-order valence-electron chi connectivity index (χ3n) is 7.23. The summed E-state index contributed by atoms with van der Waals surface area (Å²) in [6.07, 6.45) is 6.84. The van der Waals surface area contributed by atoms with E-state index in [0.29, 0.717) is 30.2 Å². The van der Waals surface area contributed by atoms with Crippen LogP contribution in [0, 0.1) is 6.92 Å². The van der Waals surface area contributed by atoms with Gasteiger partial charge in [-0.1, -0.05) is 24.3 Å². The van der Waals surface area contributed by atoms with E-state index in [1.54, 1.807) is 24.5 Å². The van der Waals surface area contributed by atoms with Gasteiger partial charge in [-0.3, -0.25) is 14.2 Å². The molecule has 0 saturated heterocycles. The Balaban J connectivity index is 1.35. The van der Waals surface area contributed by atoms with Crippen LogP contribution < -0.4 is 26.2 Å². The number of aliphatic hydroxyl groups excluding tert-OH is 2.